The van der Waals surface area contributed by atoms with Gasteiger partial charge in [0.25, 0.3) is 0 Å². The molecule has 0 aromatic heterocycles. The lowest BCUT2D eigenvalue weighted by atomic mass is 10.1. The van der Waals surface area contributed by atoms with Gasteiger partial charge in [0, 0.05) is 17.3 Å². The lowest BCUT2D eigenvalue weighted by Gasteiger charge is -2.14. The van der Waals surface area contributed by atoms with Gasteiger partial charge in [-0.3, -0.25) is 4.79 Å². The number of benzene rings is 2. The van der Waals surface area contributed by atoms with Crippen LogP contribution in [-0.2, 0) is 6.18 Å². The Morgan fingerprint density at radius 3 is 2.45 bits per heavy atom. The van der Waals surface area contributed by atoms with Crippen LogP contribution in [0.5, 0.6) is 5.75 Å². The third-order valence-corrected chi connectivity index (χ3v) is 3.07. The van der Waals surface area contributed by atoms with Gasteiger partial charge in [0.1, 0.15) is 5.75 Å². The van der Waals surface area contributed by atoms with Gasteiger partial charge in [-0.1, -0.05) is 6.07 Å². The predicted molar refractivity (Wildman–Crippen MR) is 77.7 cm³/mol. The largest absolute Gasteiger partial charge is 0.497 e. The molecule has 0 aliphatic heterocycles. The summed E-state index contributed by atoms with van der Waals surface area (Å²) in [6, 6.07) is 9.53. The number of carbonyl (C=O) groups excluding carboxylic acids is 1. The minimum Gasteiger partial charge on any atom is -0.497 e. The quantitative estimate of drug-likeness (QED) is 0.835. The summed E-state index contributed by atoms with van der Waals surface area (Å²) in [5, 5.41) is 2.84. The van der Waals surface area contributed by atoms with Crippen molar-refractivity contribution in [1.82, 2.24) is 0 Å². The first-order chi connectivity index (χ1) is 10.3. The summed E-state index contributed by atoms with van der Waals surface area (Å²) in [6.45, 7) is 1.39. The number of hydrogen-bond donors (Lipinski definition) is 1. The number of nitrogens with one attached hydrogen (secondary N) is 1. The summed E-state index contributed by atoms with van der Waals surface area (Å²) in [5.41, 5.74) is 0.250. The molecule has 2 rings (SSSR count). The smallest absolute Gasteiger partial charge is 0.416 e. The molecule has 0 atom stereocenters. The average Bonchev–Trinajstić information content (AvgIpc) is 2.46. The zero-order chi connectivity index (χ0) is 16.3. The van der Waals surface area contributed by atoms with Crippen molar-refractivity contribution in [2.45, 2.75) is 13.1 Å². The molecule has 3 nitrogen and oxygen atoms in total. The number of carbonyl (C=O) groups is 1. The monoisotopic (exact) mass is 309 g/mol. The van der Waals surface area contributed by atoms with Gasteiger partial charge in [-0.05, 0) is 37.3 Å². The SMILES string of the molecule is COc1ccc(C(C)=O)c(Nc2cccc(C(F)(F)F)c2)c1. The highest BCUT2D eigenvalue weighted by Crippen LogP contribution is 2.32. The maximum Gasteiger partial charge on any atom is 0.416 e. The van der Waals surface area contributed by atoms with Crippen molar-refractivity contribution in [1.29, 1.82) is 0 Å². The van der Waals surface area contributed by atoms with Crippen molar-refractivity contribution in [3.8, 4) is 5.75 Å². The number of rotatable bonds is 4. The van der Waals surface area contributed by atoms with Crippen molar-refractivity contribution in [2.75, 3.05) is 12.4 Å². The van der Waals surface area contributed by atoms with Crippen LogP contribution in [0.2, 0.25) is 0 Å². The summed E-state index contributed by atoms with van der Waals surface area (Å²) < 4.78 is 43.3. The minimum atomic E-state index is -4.42. The first kappa shape index (κ1) is 15.9. The van der Waals surface area contributed by atoms with E-state index in [4.69, 9.17) is 4.74 Å². The molecular formula is C16H14F3NO2. The molecule has 0 amide bonds. The van der Waals surface area contributed by atoms with Crippen molar-refractivity contribution in [3.05, 3.63) is 53.6 Å². The van der Waals surface area contributed by atoms with Crippen molar-refractivity contribution < 1.29 is 22.7 Å². The second kappa shape index (κ2) is 6.09. The van der Waals surface area contributed by atoms with Gasteiger partial charge in [0.15, 0.2) is 5.78 Å². The van der Waals surface area contributed by atoms with Crippen LogP contribution >= 0.6 is 0 Å². The number of ketones is 1. The van der Waals surface area contributed by atoms with Crippen LogP contribution in [0.3, 0.4) is 0 Å². The highest BCUT2D eigenvalue weighted by Gasteiger charge is 2.30. The van der Waals surface area contributed by atoms with Crippen LogP contribution in [0.15, 0.2) is 42.5 Å². The molecule has 1 N–H and O–H groups in total. The average molecular weight is 309 g/mol. The number of Topliss-reactive ketones (excluding diaryl/α,β-unsaturated/α-hetero) is 1. The fourth-order valence-corrected chi connectivity index (χ4v) is 1.99. The molecule has 2 aromatic carbocycles. The normalized spacial score (nSPS) is 11.1. The second-order valence-corrected chi connectivity index (χ2v) is 4.67. The predicted octanol–water partition coefficient (Wildman–Crippen LogP) is 4.66. The zero-order valence-corrected chi connectivity index (χ0v) is 12.0. The van der Waals surface area contributed by atoms with Gasteiger partial charge in [-0.15, -0.1) is 0 Å². The number of alkyl halides is 3. The highest BCUT2D eigenvalue weighted by atomic mass is 19.4. The molecule has 0 heterocycles. The van der Waals surface area contributed by atoms with Crippen molar-refractivity contribution >= 4 is 17.2 Å². The molecule has 0 aliphatic rings. The van der Waals surface area contributed by atoms with Crippen LogP contribution in [-0.4, -0.2) is 12.9 Å². The van der Waals surface area contributed by atoms with Crippen LogP contribution in [0, 0.1) is 0 Å². The first-order valence-corrected chi connectivity index (χ1v) is 6.44. The van der Waals surface area contributed by atoms with Gasteiger partial charge in [0.05, 0.1) is 18.4 Å². The van der Waals surface area contributed by atoms with E-state index in [2.05, 4.69) is 5.32 Å². The number of methoxy groups -OCH3 is 1. The van der Waals surface area contributed by atoms with Gasteiger partial charge in [-0.2, -0.15) is 13.2 Å². The molecule has 0 radical (unpaired) electrons. The molecule has 116 valence electrons. The number of anilines is 2. The Hall–Kier alpha value is -2.50. The van der Waals surface area contributed by atoms with E-state index in [-0.39, 0.29) is 11.5 Å². The van der Waals surface area contributed by atoms with Gasteiger partial charge < -0.3 is 10.1 Å². The lowest BCUT2D eigenvalue weighted by Crippen LogP contribution is -2.06. The molecule has 0 fully saturated rings. The minimum absolute atomic E-state index is 0.197. The molecule has 0 saturated heterocycles. The summed E-state index contributed by atoms with van der Waals surface area (Å²) in [4.78, 5) is 11.6. The highest BCUT2D eigenvalue weighted by molar-refractivity contribution is 6.00. The molecular weight excluding hydrogens is 295 g/mol. The number of hydrogen-bond acceptors (Lipinski definition) is 3. The van der Waals surface area contributed by atoms with E-state index in [1.54, 1.807) is 18.2 Å². The van der Waals surface area contributed by atoms with E-state index >= 15 is 0 Å². The third-order valence-electron chi connectivity index (χ3n) is 3.07. The zero-order valence-electron chi connectivity index (χ0n) is 12.0. The van der Waals surface area contributed by atoms with Crippen LogP contribution in [0.1, 0.15) is 22.8 Å². The first-order valence-electron chi connectivity index (χ1n) is 6.44. The third kappa shape index (κ3) is 3.58. The Morgan fingerprint density at radius 2 is 1.86 bits per heavy atom. The fraction of sp³-hybridized carbons (Fsp3) is 0.188. The van der Waals surface area contributed by atoms with Gasteiger partial charge in [0.2, 0.25) is 0 Å². The van der Waals surface area contributed by atoms with Crippen LogP contribution in [0.4, 0.5) is 24.5 Å². The van der Waals surface area contributed by atoms with Gasteiger partial charge in [-0.25, -0.2) is 0 Å². The molecule has 0 aliphatic carbocycles. The van der Waals surface area contributed by atoms with Crippen molar-refractivity contribution in [2.24, 2.45) is 0 Å². The maximum atomic E-state index is 12.7. The Morgan fingerprint density at radius 1 is 1.14 bits per heavy atom. The standard InChI is InChI=1S/C16H14F3NO2/c1-10(21)14-7-6-13(22-2)9-15(14)20-12-5-3-4-11(8-12)16(17,18)19/h3-9,20H,1-2H3. The Bertz CT molecular complexity index is 696. The second-order valence-electron chi connectivity index (χ2n) is 4.67. The molecule has 0 bridgehead atoms. The Balaban J connectivity index is 2.40. The molecule has 0 unspecified atom stereocenters. The number of ether oxygens (including phenoxy) is 1. The summed E-state index contributed by atoms with van der Waals surface area (Å²) in [6.07, 6.45) is -4.42. The summed E-state index contributed by atoms with van der Waals surface area (Å²) >= 11 is 0. The molecule has 0 saturated carbocycles. The lowest BCUT2D eigenvalue weighted by molar-refractivity contribution is -0.137. The Labute approximate surface area is 125 Å². The van der Waals surface area contributed by atoms with E-state index < -0.39 is 11.7 Å². The van der Waals surface area contributed by atoms with Crippen molar-refractivity contribution in [3.63, 3.8) is 0 Å². The van der Waals surface area contributed by atoms with Crippen LogP contribution < -0.4 is 10.1 Å². The molecule has 0 spiro atoms. The van der Waals surface area contributed by atoms with E-state index in [0.717, 1.165) is 12.1 Å². The molecule has 2 aromatic rings. The van der Waals surface area contributed by atoms with Gasteiger partial charge >= 0.3 is 6.18 Å². The Kier molecular flexibility index (Phi) is 4.40. The number of halogens is 3. The van der Waals surface area contributed by atoms with E-state index in [1.165, 1.54) is 26.2 Å². The fourth-order valence-electron chi connectivity index (χ4n) is 1.99. The summed E-state index contributed by atoms with van der Waals surface area (Å²) in [7, 11) is 1.47. The van der Waals surface area contributed by atoms with E-state index in [1.807, 2.05) is 0 Å². The molecule has 6 heteroatoms. The van der Waals surface area contributed by atoms with E-state index in [9.17, 15) is 18.0 Å². The summed E-state index contributed by atoms with van der Waals surface area (Å²) in [5.74, 6) is 0.302. The van der Waals surface area contributed by atoms with E-state index in [0.29, 0.717) is 17.0 Å². The molecule has 22 heavy (non-hydrogen) atoms. The van der Waals surface area contributed by atoms with Crippen LogP contribution in [0.25, 0.3) is 0 Å². The topological polar surface area (TPSA) is 38.3 Å². The maximum absolute atomic E-state index is 12.7.